The summed E-state index contributed by atoms with van der Waals surface area (Å²) in [6.07, 6.45) is 1.79. The van der Waals surface area contributed by atoms with E-state index in [9.17, 15) is 8.42 Å². The van der Waals surface area contributed by atoms with Crippen LogP contribution in [0.5, 0.6) is 0 Å². The highest BCUT2D eigenvalue weighted by molar-refractivity contribution is 7.88. The highest BCUT2D eigenvalue weighted by Gasteiger charge is 2.33. The fourth-order valence-electron chi connectivity index (χ4n) is 1.17. The Hall–Kier alpha value is -0.620. The van der Waals surface area contributed by atoms with Gasteiger partial charge in [-0.05, 0) is 13.8 Å². The van der Waals surface area contributed by atoms with E-state index in [0.717, 1.165) is 12.0 Å². The summed E-state index contributed by atoms with van der Waals surface area (Å²) in [5, 5.41) is 3.77. The quantitative estimate of drug-likeness (QED) is 0.798. The van der Waals surface area contributed by atoms with E-state index >= 15 is 0 Å². The standard InChI is InChI=1S/C7H14N2O3S.C2H6/c1-6-4-7(2,12-9-6)5-8-13(3,10)11;1-2/h8H,4-5H2,1-3H3;1-2H3. The molecule has 1 aliphatic rings. The molecule has 6 heteroatoms. The second kappa shape index (κ2) is 5.46. The Bertz CT molecular complexity index is 324. The summed E-state index contributed by atoms with van der Waals surface area (Å²) in [5.74, 6) is 0. The van der Waals surface area contributed by atoms with E-state index in [1.165, 1.54) is 0 Å². The molecular weight excluding hydrogens is 216 g/mol. The number of sulfonamides is 1. The summed E-state index contributed by atoms with van der Waals surface area (Å²) in [4.78, 5) is 5.11. The largest absolute Gasteiger partial charge is 0.388 e. The van der Waals surface area contributed by atoms with Crippen LogP contribution in [-0.2, 0) is 14.9 Å². The lowest BCUT2D eigenvalue weighted by atomic mass is 10.0. The maximum Gasteiger partial charge on any atom is 0.208 e. The summed E-state index contributed by atoms with van der Waals surface area (Å²) in [5.41, 5.74) is 0.366. The van der Waals surface area contributed by atoms with Crippen molar-refractivity contribution in [2.24, 2.45) is 5.16 Å². The van der Waals surface area contributed by atoms with Crippen LogP contribution in [0.15, 0.2) is 5.16 Å². The SMILES string of the molecule is CC.CC1=NOC(C)(CNS(C)(=O)=O)C1. The van der Waals surface area contributed by atoms with Crippen LogP contribution >= 0.6 is 0 Å². The number of nitrogens with one attached hydrogen (secondary N) is 1. The van der Waals surface area contributed by atoms with E-state index in [4.69, 9.17) is 4.84 Å². The lowest BCUT2D eigenvalue weighted by Gasteiger charge is -2.20. The van der Waals surface area contributed by atoms with Crippen molar-refractivity contribution in [3.8, 4) is 0 Å². The first-order valence-corrected chi connectivity index (χ1v) is 6.86. The van der Waals surface area contributed by atoms with Gasteiger partial charge in [0.15, 0.2) is 5.60 Å². The Kier molecular flexibility index (Phi) is 5.23. The molecule has 0 amide bonds. The zero-order valence-corrected chi connectivity index (χ0v) is 10.8. The lowest BCUT2D eigenvalue weighted by Crippen LogP contribution is -2.40. The van der Waals surface area contributed by atoms with Crippen LogP contribution in [0.3, 0.4) is 0 Å². The second-order valence-electron chi connectivity index (χ2n) is 3.64. The van der Waals surface area contributed by atoms with E-state index in [1.807, 2.05) is 27.7 Å². The fraction of sp³-hybridized carbons (Fsp3) is 0.889. The first kappa shape index (κ1) is 14.4. The predicted octanol–water partition coefficient (Wildman–Crippen LogP) is 1.12. The van der Waals surface area contributed by atoms with Crippen LogP contribution < -0.4 is 4.72 Å². The summed E-state index contributed by atoms with van der Waals surface area (Å²) in [6.45, 7) is 7.93. The molecule has 1 heterocycles. The van der Waals surface area contributed by atoms with Crippen molar-refractivity contribution >= 4 is 15.7 Å². The molecule has 0 aliphatic carbocycles. The van der Waals surface area contributed by atoms with E-state index in [0.29, 0.717) is 6.42 Å². The molecule has 1 N–H and O–H groups in total. The minimum Gasteiger partial charge on any atom is -0.388 e. The molecule has 5 nitrogen and oxygen atoms in total. The third kappa shape index (κ3) is 5.74. The van der Waals surface area contributed by atoms with Crippen LogP contribution in [0, 0.1) is 0 Å². The van der Waals surface area contributed by atoms with Gasteiger partial charge < -0.3 is 4.84 Å². The number of nitrogens with zero attached hydrogens (tertiary/aromatic N) is 1. The molecule has 0 spiro atoms. The van der Waals surface area contributed by atoms with E-state index in [2.05, 4.69) is 9.88 Å². The molecule has 1 atom stereocenters. The Morgan fingerprint density at radius 3 is 2.40 bits per heavy atom. The summed E-state index contributed by atoms with van der Waals surface area (Å²) in [6, 6.07) is 0. The van der Waals surface area contributed by atoms with Gasteiger partial charge in [0.05, 0.1) is 18.5 Å². The van der Waals surface area contributed by atoms with Gasteiger partial charge in [0, 0.05) is 6.42 Å². The number of rotatable bonds is 3. The lowest BCUT2D eigenvalue weighted by molar-refractivity contribution is 0.00149. The smallest absolute Gasteiger partial charge is 0.208 e. The predicted molar refractivity (Wildman–Crippen MR) is 61.4 cm³/mol. The topological polar surface area (TPSA) is 67.8 Å². The van der Waals surface area contributed by atoms with Crippen molar-refractivity contribution in [1.82, 2.24) is 4.72 Å². The van der Waals surface area contributed by atoms with Crippen LogP contribution in [0.2, 0.25) is 0 Å². The maximum atomic E-state index is 10.8. The number of hydrogen-bond acceptors (Lipinski definition) is 4. The van der Waals surface area contributed by atoms with Gasteiger partial charge >= 0.3 is 0 Å². The average molecular weight is 236 g/mol. The summed E-state index contributed by atoms with van der Waals surface area (Å²) >= 11 is 0. The van der Waals surface area contributed by atoms with Gasteiger partial charge in [0.1, 0.15) is 0 Å². The minimum atomic E-state index is -3.15. The van der Waals surface area contributed by atoms with Crippen molar-refractivity contribution in [2.75, 3.05) is 12.8 Å². The summed E-state index contributed by atoms with van der Waals surface area (Å²) in [7, 11) is -3.15. The molecule has 0 aromatic rings. The molecule has 0 aromatic heterocycles. The molecule has 1 unspecified atom stereocenters. The van der Waals surface area contributed by atoms with Gasteiger partial charge in [-0.2, -0.15) is 0 Å². The van der Waals surface area contributed by atoms with E-state index < -0.39 is 15.6 Å². The van der Waals surface area contributed by atoms with Gasteiger partial charge in [-0.15, -0.1) is 0 Å². The average Bonchev–Trinajstić information content (AvgIpc) is 2.47. The van der Waals surface area contributed by atoms with Crippen LogP contribution in [-0.4, -0.2) is 32.5 Å². The van der Waals surface area contributed by atoms with Crippen LogP contribution in [0.25, 0.3) is 0 Å². The second-order valence-corrected chi connectivity index (χ2v) is 5.47. The molecular formula is C9H20N2O3S. The van der Waals surface area contributed by atoms with Gasteiger partial charge in [-0.3, -0.25) is 0 Å². The fourth-order valence-corrected chi connectivity index (χ4v) is 1.74. The molecule has 0 fully saturated rings. The first-order valence-electron chi connectivity index (χ1n) is 4.97. The van der Waals surface area contributed by atoms with Crippen molar-refractivity contribution in [2.45, 2.75) is 39.7 Å². The molecule has 0 bridgehead atoms. The summed E-state index contributed by atoms with van der Waals surface area (Å²) < 4.78 is 24.0. The molecule has 0 aromatic carbocycles. The van der Waals surface area contributed by atoms with E-state index in [-0.39, 0.29) is 6.54 Å². The molecule has 0 saturated heterocycles. The van der Waals surface area contributed by atoms with Gasteiger partial charge in [-0.1, -0.05) is 19.0 Å². The van der Waals surface area contributed by atoms with E-state index in [1.54, 1.807) is 0 Å². The van der Waals surface area contributed by atoms with Gasteiger partial charge in [-0.25, -0.2) is 13.1 Å². The van der Waals surface area contributed by atoms with Crippen molar-refractivity contribution in [3.63, 3.8) is 0 Å². The Balaban J connectivity index is 0.000000921. The third-order valence-electron chi connectivity index (χ3n) is 1.76. The molecule has 1 rings (SSSR count). The zero-order valence-electron chi connectivity index (χ0n) is 9.99. The molecule has 90 valence electrons. The van der Waals surface area contributed by atoms with Gasteiger partial charge in [0.25, 0.3) is 0 Å². The van der Waals surface area contributed by atoms with Crippen molar-refractivity contribution in [1.29, 1.82) is 0 Å². The van der Waals surface area contributed by atoms with Crippen LogP contribution in [0.4, 0.5) is 0 Å². The highest BCUT2D eigenvalue weighted by Crippen LogP contribution is 2.22. The Morgan fingerprint density at radius 2 is 2.07 bits per heavy atom. The monoisotopic (exact) mass is 236 g/mol. The molecule has 0 radical (unpaired) electrons. The number of oxime groups is 1. The normalized spacial score (nSPS) is 25.0. The Labute approximate surface area is 91.9 Å². The third-order valence-corrected chi connectivity index (χ3v) is 2.43. The molecule has 1 aliphatic heterocycles. The van der Waals surface area contributed by atoms with Crippen molar-refractivity contribution in [3.05, 3.63) is 0 Å². The maximum absolute atomic E-state index is 10.8. The minimum absolute atomic E-state index is 0.257. The molecule has 0 saturated carbocycles. The first-order chi connectivity index (χ1) is 6.81. The Morgan fingerprint density at radius 1 is 1.53 bits per heavy atom. The number of hydrogen-bond donors (Lipinski definition) is 1. The van der Waals surface area contributed by atoms with Gasteiger partial charge in [0.2, 0.25) is 10.0 Å². The molecule has 15 heavy (non-hydrogen) atoms. The van der Waals surface area contributed by atoms with Crippen LogP contribution in [0.1, 0.15) is 34.1 Å². The zero-order chi connectivity index (χ0) is 12.1. The van der Waals surface area contributed by atoms with Crippen molar-refractivity contribution < 1.29 is 13.3 Å². The highest BCUT2D eigenvalue weighted by atomic mass is 32.2.